The van der Waals surface area contributed by atoms with Gasteiger partial charge in [0.15, 0.2) is 0 Å². The number of carbonyl (C=O) groups is 1. The third-order valence-electron chi connectivity index (χ3n) is 2.37. The number of aromatic nitrogens is 3. The van der Waals surface area contributed by atoms with Crippen LogP contribution in [-0.4, -0.2) is 46.6 Å². The summed E-state index contributed by atoms with van der Waals surface area (Å²) in [5.41, 5.74) is 5.26. The van der Waals surface area contributed by atoms with Gasteiger partial charge in [-0.1, -0.05) is 0 Å². The van der Waals surface area contributed by atoms with Crippen molar-refractivity contribution in [1.29, 1.82) is 0 Å². The molecule has 0 spiro atoms. The van der Waals surface area contributed by atoms with E-state index in [1.54, 1.807) is 11.9 Å². The van der Waals surface area contributed by atoms with Crippen LogP contribution in [0.5, 0.6) is 6.01 Å². The zero-order valence-electron chi connectivity index (χ0n) is 12.5. The molecule has 0 saturated carbocycles. The molecule has 8 nitrogen and oxygen atoms in total. The van der Waals surface area contributed by atoms with Gasteiger partial charge in [0.05, 0.1) is 12.6 Å². The maximum atomic E-state index is 11.2. The number of nitrogens with one attached hydrogen (secondary N) is 1. The Kier molecular flexibility index (Phi) is 5.48. The predicted molar refractivity (Wildman–Crippen MR) is 76.8 cm³/mol. The number of hydrogen-bond acceptors (Lipinski definition) is 7. The van der Waals surface area contributed by atoms with Gasteiger partial charge in [0.2, 0.25) is 17.8 Å². The van der Waals surface area contributed by atoms with Crippen molar-refractivity contribution in [2.24, 2.45) is 5.73 Å². The van der Waals surface area contributed by atoms with E-state index in [0.29, 0.717) is 11.9 Å². The summed E-state index contributed by atoms with van der Waals surface area (Å²) < 4.78 is 5.49. The molecule has 0 fully saturated rings. The molecule has 112 valence electrons. The number of carbonyl (C=O) groups excluding carboxylic acids is 1. The number of nitrogens with zero attached hydrogens (tertiary/aromatic N) is 4. The maximum absolute atomic E-state index is 11.2. The van der Waals surface area contributed by atoms with Crippen LogP contribution >= 0.6 is 0 Å². The second kappa shape index (κ2) is 6.88. The van der Waals surface area contributed by atoms with Crippen LogP contribution in [0, 0.1) is 0 Å². The summed E-state index contributed by atoms with van der Waals surface area (Å²) in [5.74, 6) is 0.283. The quantitative estimate of drug-likeness (QED) is 0.745. The van der Waals surface area contributed by atoms with E-state index in [4.69, 9.17) is 10.5 Å². The van der Waals surface area contributed by atoms with Crippen molar-refractivity contribution in [1.82, 2.24) is 15.0 Å². The molecule has 0 bridgehead atoms. The van der Waals surface area contributed by atoms with Gasteiger partial charge in [-0.15, -0.1) is 0 Å². The van der Waals surface area contributed by atoms with E-state index in [1.165, 1.54) is 0 Å². The summed E-state index contributed by atoms with van der Waals surface area (Å²) in [5, 5.41) is 2.84. The van der Waals surface area contributed by atoms with E-state index < -0.39 is 5.91 Å². The van der Waals surface area contributed by atoms with Gasteiger partial charge in [0.25, 0.3) is 0 Å². The highest BCUT2D eigenvalue weighted by molar-refractivity contribution is 5.79. The largest absolute Gasteiger partial charge is 0.461 e. The van der Waals surface area contributed by atoms with Crippen LogP contribution in [-0.2, 0) is 4.79 Å². The van der Waals surface area contributed by atoms with Crippen molar-refractivity contribution in [3.8, 4) is 6.01 Å². The lowest BCUT2D eigenvalue weighted by Gasteiger charge is -2.25. The molecule has 1 rings (SSSR count). The lowest BCUT2D eigenvalue weighted by molar-refractivity contribution is -0.116. The average molecular weight is 282 g/mol. The Morgan fingerprint density at radius 2 is 1.95 bits per heavy atom. The molecule has 0 atom stereocenters. The van der Waals surface area contributed by atoms with Crippen molar-refractivity contribution < 1.29 is 9.53 Å². The Bertz CT molecular complexity index is 463. The molecule has 1 aromatic heterocycles. The summed E-state index contributed by atoms with van der Waals surface area (Å²) >= 11 is 0. The molecule has 0 aromatic carbocycles. The Labute approximate surface area is 118 Å². The van der Waals surface area contributed by atoms with Gasteiger partial charge in [-0.3, -0.25) is 4.79 Å². The van der Waals surface area contributed by atoms with Gasteiger partial charge in [-0.2, -0.15) is 15.0 Å². The van der Waals surface area contributed by atoms with Crippen LogP contribution in [0.25, 0.3) is 0 Å². The first-order valence-corrected chi connectivity index (χ1v) is 6.49. The van der Waals surface area contributed by atoms with E-state index in [1.807, 2.05) is 27.7 Å². The van der Waals surface area contributed by atoms with Crippen molar-refractivity contribution >= 4 is 17.8 Å². The molecular weight excluding hydrogens is 260 g/mol. The highest BCUT2D eigenvalue weighted by Gasteiger charge is 2.19. The standard InChI is InChI=1S/C12H22N6O2/c1-7(2)18(6-9(13)19)11-15-10(14-5)16-12(17-11)20-8(3)4/h7-8H,6H2,1-5H3,(H2,13,19)(H,14,15,16,17). The van der Waals surface area contributed by atoms with Crippen LogP contribution < -0.4 is 20.7 Å². The molecule has 1 heterocycles. The highest BCUT2D eigenvalue weighted by atomic mass is 16.5. The third kappa shape index (κ3) is 4.52. The minimum atomic E-state index is -0.448. The molecule has 0 aliphatic carbocycles. The van der Waals surface area contributed by atoms with Gasteiger partial charge in [-0.25, -0.2) is 0 Å². The smallest absolute Gasteiger partial charge is 0.323 e. The number of amides is 1. The number of ether oxygens (including phenoxy) is 1. The molecular formula is C12H22N6O2. The second-order valence-electron chi connectivity index (χ2n) is 4.85. The Morgan fingerprint density at radius 3 is 2.40 bits per heavy atom. The van der Waals surface area contributed by atoms with Crippen LogP contribution in [0.3, 0.4) is 0 Å². The van der Waals surface area contributed by atoms with Gasteiger partial charge >= 0.3 is 6.01 Å². The van der Waals surface area contributed by atoms with Crippen LogP contribution in [0.2, 0.25) is 0 Å². The highest BCUT2D eigenvalue weighted by Crippen LogP contribution is 2.17. The molecule has 1 aromatic rings. The Balaban J connectivity index is 3.15. The Hall–Kier alpha value is -2.12. The fourth-order valence-electron chi connectivity index (χ4n) is 1.50. The molecule has 3 N–H and O–H groups in total. The maximum Gasteiger partial charge on any atom is 0.323 e. The first-order chi connectivity index (χ1) is 9.33. The molecule has 0 saturated heterocycles. The lowest BCUT2D eigenvalue weighted by Crippen LogP contribution is -2.39. The summed E-state index contributed by atoms with van der Waals surface area (Å²) in [6, 6.07) is 0.228. The number of nitrogens with two attached hydrogens (primary N) is 1. The Morgan fingerprint density at radius 1 is 1.30 bits per heavy atom. The average Bonchev–Trinajstić information content (AvgIpc) is 2.34. The van der Waals surface area contributed by atoms with Crippen LogP contribution in [0.4, 0.5) is 11.9 Å². The van der Waals surface area contributed by atoms with Crippen molar-refractivity contribution in [3.05, 3.63) is 0 Å². The topological polar surface area (TPSA) is 106 Å². The normalized spacial score (nSPS) is 10.8. The fraction of sp³-hybridized carbons (Fsp3) is 0.667. The number of anilines is 2. The molecule has 1 amide bonds. The minimum absolute atomic E-state index is 0.0153. The fourth-order valence-corrected chi connectivity index (χ4v) is 1.50. The molecule has 0 aliphatic heterocycles. The van der Waals surface area contributed by atoms with Gasteiger partial charge in [-0.05, 0) is 27.7 Å². The lowest BCUT2D eigenvalue weighted by atomic mass is 10.3. The molecule has 0 unspecified atom stereocenters. The number of hydrogen-bond donors (Lipinski definition) is 2. The SMILES string of the molecule is CNc1nc(OC(C)C)nc(N(CC(N)=O)C(C)C)n1. The van der Waals surface area contributed by atoms with Crippen molar-refractivity contribution in [3.63, 3.8) is 0 Å². The predicted octanol–water partition coefficient (Wildman–Crippen LogP) is 0.401. The first-order valence-electron chi connectivity index (χ1n) is 6.49. The summed E-state index contributed by atoms with van der Waals surface area (Å²) in [6.45, 7) is 7.65. The summed E-state index contributed by atoms with van der Waals surface area (Å²) in [4.78, 5) is 25.4. The van der Waals surface area contributed by atoms with E-state index in [0.717, 1.165) is 0 Å². The van der Waals surface area contributed by atoms with E-state index >= 15 is 0 Å². The molecule has 20 heavy (non-hydrogen) atoms. The van der Waals surface area contributed by atoms with Gasteiger partial charge in [0, 0.05) is 13.1 Å². The molecule has 8 heteroatoms. The molecule has 0 aliphatic rings. The van der Waals surface area contributed by atoms with Gasteiger partial charge in [0.1, 0.15) is 0 Å². The molecule has 0 radical (unpaired) electrons. The van der Waals surface area contributed by atoms with E-state index in [2.05, 4.69) is 20.3 Å². The summed E-state index contributed by atoms with van der Waals surface area (Å²) in [6.07, 6.45) is -0.0569. The van der Waals surface area contributed by atoms with E-state index in [-0.39, 0.29) is 24.7 Å². The van der Waals surface area contributed by atoms with Crippen LogP contribution in [0.1, 0.15) is 27.7 Å². The first kappa shape index (κ1) is 15.9. The van der Waals surface area contributed by atoms with Crippen LogP contribution in [0.15, 0.2) is 0 Å². The monoisotopic (exact) mass is 282 g/mol. The zero-order valence-corrected chi connectivity index (χ0v) is 12.5. The second-order valence-corrected chi connectivity index (χ2v) is 4.85. The minimum Gasteiger partial charge on any atom is -0.461 e. The zero-order chi connectivity index (χ0) is 15.3. The van der Waals surface area contributed by atoms with Crippen molar-refractivity contribution in [2.75, 3.05) is 23.8 Å². The van der Waals surface area contributed by atoms with Crippen molar-refractivity contribution in [2.45, 2.75) is 39.8 Å². The number of primary amides is 1. The van der Waals surface area contributed by atoms with Gasteiger partial charge < -0.3 is 20.7 Å². The van der Waals surface area contributed by atoms with E-state index in [9.17, 15) is 4.79 Å². The third-order valence-corrected chi connectivity index (χ3v) is 2.37. The summed E-state index contributed by atoms with van der Waals surface area (Å²) in [7, 11) is 1.70. The number of rotatable bonds is 7.